The van der Waals surface area contributed by atoms with Crippen molar-refractivity contribution >= 4 is 5.97 Å². The summed E-state index contributed by atoms with van der Waals surface area (Å²) in [5, 5.41) is 4.12. The Labute approximate surface area is 236 Å². The van der Waals surface area contributed by atoms with E-state index >= 15 is 0 Å². The highest BCUT2D eigenvalue weighted by Gasteiger charge is 2.33. The number of aromatic nitrogens is 2. The molecule has 0 aliphatic carbocycles. The van der Waals surface area contributed by atoms with Gasteiger partial charge >= 0.3 is 12.1 Å². The van der Waals surface area contributed by atoms with E-state index in [9.17, 15) is 18.0 Å². The van der Waals surface area contributed by atoms with E-state index in [1.54, 1.807) is 24.3 Å². The number of benzene rings is 3. The fourth-order valence-corrected chi connectivity index (χ4v) is 4.46. The van der Waals surface area contributed by atoms with Crippen LogP contribution < -0.4 is 0 Å². The average molecular weight is 568 g/mol. The molecule has 4 aromatic rings. The Hall–Kier alpha value is -4.02. The Morgan fingerprint density at radius 2 is 1.71 bits per heavy atom. The van der Waals surface area contributed by atoms with Crippen LogP contribution >= 0.6 is 0 Å². The molecule has 0 fully saturated rings. The summed E-state index contributed by atoms with van der Waals surface area (Å²) < 4.78 is 57.3. The van der Waals surface area contributed by atoms with E-state index < -0.39 is 17.3 Å². The molecule has 0 saturated heterocycles. The highest BCUT2D eigenvalue weighted by atomic mass is 19.4. The summed E-state index contributed by atoms with van der Waals surface area (Å²) in [5.74, 6) is 0.275. The van der Waals surface area contributed by atoms with Crippen LogP contribution in [0.1, 0.15) is 37.5 Å². The number of rotatable bonds is 9. The van der Waals surface area contributed by atoms with Gasteiger partial charge in [-0.2, -0.15) is 18.2 Å². The summed E-state index contributed by atoms with van der Waals surface area (Å²) in [6.45, 7) is 6.21. The molecule has 1 aromatic heterocycles. The first-order valence-electron chi connectivity index (χ1n) is 13.0. The predicted octanol–water partition coefficient (Wildman–Crippen LogP) is 7.01. The van der Waals surface area contributed by atoms with Crippen LogP contribution in [0.2, 0.25) is 0 Å². The first-order chi connectivity index (χ1) is 19.3. The molecule has 0 bridgehead atoms. The first kappa shape index (κ1) is 30.0. The topological polar surface area (TPSA) is 77.7 Å². The molecule has 1 heterocycles. The minimum absolute atomic E-state index is 0.0678. The van der Waals surface area contributed by atoms with Crippen LogP contribution in [0.25, 0.3) is 34.0 Å². The molecule has 0 amide bonds. The number of halogens is 3. The second-order valence-electron chi connectivity index (χ2n) is 10.7. The van der Waals surface area contributed by atoms with Crippen LogP contribution in [0.5, 0.6) is 0 Å². The third-order valence-corrected chi connectivity index (χ3v) is 6.06. The van der Waals surface area contributed by atoms with Crippen molar-refractivity contribution in [2.75, 3.05) is 20.7 Å². The van der Waals surface area contributed by atoms with Crippen molar-refractivity contribution in [3.05, 3.63) is 83.4 Å². The Morgan fingerprint density at radius 3 is 2.41 bits per heavy atom. The van der Waals surface area contributed by atoms with E-state index in [1.807, 2.05) is 57.0 Å². The number of nitrogens with zero attached hydrogens (tertiary/aromatic N) is 3. The van der Waals surface area contributed by atoms with Crippen LogP contribution in [-0.2, 0) is 33.6 Å². The van der Waals surface area contributed by atoms with Crippen molar-refractivity contribution in [2.24, 2.45) is 0 Å². The predicted molar refractivity (Wildman–Crippen MR) is 148 cm³/mol. The lowest BCUT2D eigenvalue weighted by molar-refractivity contribution is -0.155. The number of ether oxygens (including phenoxy) is 2. The summed E-state index contributed by atoms with van der Waals surface area (Å²) in [6.07, 6.45) is -4.50. The summed E-state index contributed by atoms with van der Waals surface area (Å²) in [5.41, 5.74) is 1.97. The number of carbonyl (C=O) groups excluding carboxylic acids is 1. The lowest BCUT2D eigenvalue weighted by atomic mass is 9.94. The van der Waals surface area contributed by atoms with Gasteiger partial charge in [-0.1, -0.05) is 47.6 Å². The minimum Gasteiger partial charge on any atom is -0.459 e. The van der Waals surface area contributed by atoms with Crippen molar-refractivity contribution in [3.63, 3.8) is 0 Å². The minimum atomic E-state index is -4.50. The molecule has 0 spiro atoms. The van der Waals surface area contributed by atoms with Crippen molar-refractivity contribution in [1.29, 1.82) is 0 Å². The van der Waals surface area contributed by atoms with Gasteiger partial charge in [-0.25, -0.2) is 0 Å². The van der Waals surface area contributed by atoms with Gasteiger partial charge < -0.3 is 14.0 Å². The molecule has 7 nitrogen and oxygen atoms in total. The molecule has 0 aliphatic heterocycles. The summed E-state index contributed by atoms with van der Waals surface area (Å²) >= 11 is 0. The largest absolute Gasteiger partial charge is 0.459 e. The number of hydrogen-bond donors (Lipinski definition) is 0. The third-order valence-electron chi connectivity index (χ3n) is 6.06. The zero-order chi connectivity index (χ0) is 29.8. The van der Waals surface area contributed by atoms with Crippen LogP contribution in [0.3, 0.4) is 0 Å². The van der Waals surface area contributed by atoms with Crippen molar-refractivity contribution in [2.45, 2.75) is 45.7 Å². The van der Waals surface area contributed by atoms with E-state index in [0.29, 0.717) is 29.1 Å². The van der Waals surface area contributed by atoms with Crippen LogP contribution in [0.4, 0.5) is 13.2 Å². The number of likely N-dealkylation sites (N-methyl/N-ethyl adjacent to an activating group) is 1. The molecule has 0 aliphatic rings. The third kappa shape index (κ3) is 7.80. The Balaban J connectivity index is 1.56. The lowest BCUT2D eigenvalue weighted by Crippen LogP contribution is -2.32. The van der Waals surface area contributed by atoms with E-state index in [2.05, 4.69) is 10.1 Å². The van der Waals surface area contributed by atoms with Gasteiger partial charge in [-0.3, -0.25) is 9.69 Å². The smallest absolute Gasteiger partial charge is 0.417 e. The molecule has 0 saturated carbocycles. The van der Waals surface area contributed by atoms with Crippen molar-refractivity contribution in [1.82, 2.24) is 15.0 Å². The maximum atomic E-state index is 13.7. The van der Waals surface area contributed by atoms with Crippen LogP contribution in [0, 0.1) is 0 Å². The molecule has 0 unspecified atom stereocenters. The standard InChI is InChI=1S/C31H32F3N3O4/c1-30(2,3)40-27(38)18-37(4)17-20-9-8-10-21(15-20)28-35-29(41-36-28)22-13-14-24(23(16-22)19-39-5)25-11-6-7-12-26(25)31(32,33)34/h6-16H,17-19H2,1-5H3. The molecular formula is C31H32F3N3O4. The van der Waals surface area contributed by atoms with Crippen LogP contribution in [0.15, 0.2) is 71.3 Å². The number of esters is 1. The van der Waals surface area contributed by atoms with Crippen molar-refractivity contribution < 1.29 is 32.0 Å². The van der Waals surface area contributed by atoms with E-state index in [1.165, 1.54) is 19.2 Å². The van der Waals surface area contributed by atoms with Crippen LogP contribution in [-0.4, -0.2) is 47.3 Å². The van der Waals surface area contributed by atoms with Gasteiger partial charge in [0.1, 0.15) is 5.60 Å². The molecule has 0 radical (unpaired) electrons. The summed E-state index contributed by atoms with van der Waals surface area (Å²) in [4.78, 5) is 18.5. The number of alkyl halides is 3. The monoisotopic (exact) mass is 567 g/mol. The Bertz CT molecular complexity index is 1510. The normalized spacial score (nSPS) is 12.1. The number of hydrogen-bond acceptors (Lipinski definition) is 7. The highest BCUT2D eigenvalue weighted by Crippen LogP contribution is 2.39. The maximum absolute atomic E-state index is 13.7. The molecule has 0 atom stereocenters. The Kier molecular flexibility index (Phi) is 8.94. The fourth-order valence-electron chi connectivity index (χ4n) is 4.46. The van der Waals surface area contributed by atoms with Gasteiger partial charge in [0.25, 0.3) is 5.89 Å². The van der Waals surface area contributed by atoms with Gasteiger partial charge in [0.2, 0.25) is 5.82 Å². The van der Waals surface area contributed by atoms with Gasteiger partial charge in [0, 0.05) is 24.8 Å². The SMILES string of the molecule is COCc1cc(-c2nc(-c3cccc(CN(C)CC(=O)OC(C)(C)C)c3)no2)ccc1-c1ccccc1C(F)(F)F. The molecule has 0 N–H and O–H groups in total. The molecular weight excluding hydrogens is 535 g/mol. The number of carbonyl (C=O) groups is 1. The van der Waals surface area contributed by atoms with Gasteiger partial charge in [-0.15, -0.1) is 0 Å². The molecule has 4 rings (SSSR count). The average Bonchev–Trinajstić information content (AvgIpc) is 3.38. The Morgan fingerprint density at radius 1 is 0.951 bits per heavy atom. The van der Waals surface area contributed by atoms with Gasteiger partial charge in [0.05, 0.1) is 18.7 Å². The van der Waals surface area contributed by atoms with Gasteiger partial charge in [-0.05, 0) is 74.3 Å². The lowest BCUT2D eigenvalue weighted by Gasteiger charge is -2.22. The maximum Gasteiger partial charge on any atom is 0.417 e. The fraction of sp³-hybridized carbons (Fsp3) is 0.323. The summed E-state index contributed by atoms with van der Waals surface area (Å²) in [6, 6.07) is 18.0. The summed E-state index contributed by atoms with van der Waals surface area (Å²) in [7, 11) is 3.31. The van der Waals surface area contributed by atoms with E-state index in [-0.39, 0.29) is 30.6 Å². The second-order valence-corrected chi connectivity index (χ2v) is 10.7. The van der Waals surface area contributed by atoms with Crippen molar-refractivity contribution in [3.8, 4) is 34.0 Å². The quantitative estimate of drug-likeness (QED) is 0.201. The first-order valence-corrected chi connectivity index (χ1v) is 13.0. The zero-order valence-electron chi connectivity index (χ0n) is 23.6. The van der Waals surface area contributed by atoms with E-state index in [4.69, 9.17) is 14.0 Å². The number of methoxy groups -OCH3 is 1. The van der Waals surface area contributed by atoms with E-state index in [0.717, 1.165) is 17.2 Å². The van der Waals surface area contributed by atoms with Gasteiger partial charge in [0.15, 0.2) is 0 Å². The molecule has 3 aromatic carbocycles. The zero-order valence-corrected chi connectivity index (χ0v) is 23.6. The molecule has 10 heteroatoms. The molecule has 41 heavy (non-hydrogen) atoms. The molecule has 216 valence electrons. The second kappa shape index (κ2) is 12.2. The highest BCUT2D eigenvalue weighted by molar-refractivity contribution is 5.75.